The molecule has 5 rings (SSSR count). The lowest BCUT2D eigenvalue weighted by Gasteiger charge is -2.36. The maximum atomic E-state index is 14.6. The maximum absolute atomic E-state index is 14.6. The van der Waals surface area contributed by atoms with Crippen LogP contribution in [0.2, 0.25) is 0 Å². The van der Waals surface area contributed by atoms with Gasteiger partial charge in [-0.25, -0.2) is 13.2 Å². The molecule has 1 heterocycles. The summed E-state index contributed by atoms with van der Waals surface area (Å²) in [6.07, 6.45) is -4.25. The number of alkyl carbamates (subject to hydrolysis) is 1. The van der Waals surface area contributed by atoms with Crippen LogP contribution in [0, 0.1) is 11.3 Å². The van der Waals surface area contributed by atoms with E-state index in [0.717, 1.165) is 11.1 Å². The Kier molecular flexibility index (Phi) is 10.8. The number of ether oxygens (including phenoxy) is 2. The van der Waals surface area contributed by atoms with Gasteiger partial charge in [-0.2, -0.15) is 13.2 Å². The number of rotatable bonds is 12. The molecule has 0 spiro atoms. The Labute approximate surface area is 313 Å². The molecule has 2 aliphatic carbocycles. The Bertz CT molecular complexity index is 1890. The monoisotopic (exact) mass is 776 g/mol. The largest absolute Gasteiger partial charge is 0.434 e. The Hall–Kier alpha value is -4.44. The van der Waals surface area contributed by atoms with Crippen molar-refractivity contribution in [2.75, 3.05) is 13.7 Å². The second-order valence-electron chi connectivity index (χ2n) is 15.9. The fourth-order valence-corrected chi connectivity index (χ4v) is 8.04. The maximum Gasteiger partial charge on any atom is 0.427 e. The Morgan fingerprint density at radius 2 is 1.54 bits per heavy atom. The van der Waals surface area contributed by atoms with Gasteiger partial charge in [0.1, 0.15) is 23.2 Å². The molecule has 1 aliphatic heterocycles. The summed E-state index contributed by atoms with van der Waals surface area (Å²) in [5, 5.41) is 4.31. The number of sulfonamides is 1. The Balaban J connectivity index is 1.50. The van der Waals surface area contributed by atoms with Gasteiger partial charge in [0.25, 0.3) is 5.91 Å². The molecule has 294 valence electrons. The van der Waals surface area contributed by atoms with E-state index in [2.05, 4.69) is 21.9 Å². The molecule has 3 fully saturated rings. The number of nitrogens with one attached hydrogen (secondary N) is 3. The SMILES string of the molecule is C=C[C@@H]1C[C@@]1(NC(=O)[C@@H]1C[C@@](OC)(c2ccc(-c3ccccc3)cc2)CN1C(=O)[C@@H](NC(=O)OC(C)(C)C(F)(F)F)C(C)(C)C)C(=O)NS(=O)(=O)C1CC1. The highest BCUT2D eigenvalue weighted by atomic mass is 32.2. The lowest BCUT2D eigenvalue weighted by atomic mass is 9.85. The molecule has 16 heteroatoms. The molecule has 0 unspecified atom stereocenters. The van der Waals surface area contributed by atoms with Crippen LogP contribution in [0.5, 0.6) is 0 Å². The van der Waals surface area contributed by atoms with Gasteiger partial charge in [-0.3, -0.25) is 19.1 Å². The molecule has 2 aromatic carbocycles. The predicted molar refractivity (Wildman–Crippen MR) is 193 cm³/mol. The highest BCUT2D eigenvalue weighted by molar-refractivity contribution is 7.91. The van der Waals surface area contributed by atoms with E-state index in [1.807, 2.05) is 42.5 Å². The summed E-state index contributed by atoms with van der Waals surface area (Å²) in [5.74, 6) is -3.17. The van der Waals surface area contributed by atoms with E-state index < -0.39 is 85.4 Å². The summed E-state index contributed by atoms with van der Waals surface area (Å²) in [5.41, 5.74) is -4.53. The van der Waals surface area contributed by atoms with Crippen LogP contribution >= 0.6 is 0 Å². The van der Waals surface area contributed by atoms with Crippen LogP contribution in [0.25, 0.3) is 11.1 Å². The van der Waals surface area contributed by atoms with E-state index >= 15 is 0 Å². The average Bonchev–Trinajstić information content (AvgIpc) is 4.03. The number of amides is 4. The minimum absolute atomic E-state index is 0.0539. The van der Waals surface area contributed by atoms with E-state index in [1.165, 1.54) is 18.1 Å². The Morgan fingerprint density at radius 3 is 2.04 bits per heavy atom. The standard InChI is InChI=1S/C38H47F3N4O8S/c1-8-25-20-37(25,32(48)44-54(50,51)27-18-19-27)43-30(46)28-21-36(52-7,26-16-14-24(15-17-26)23-12-10-9-11-13-23)22-45(28)31(47)29(34(2,3)4)42-33(49)53-35(5,6)38(39,40)41/h8-17,25,27-29H,1,18-22H2,2-7H3,(H,42,49)(H,43,46)(H,44,48)/t25-,28+,29-,36+,37+/m1/s1. The topological polar surface area (TPSA) is 160 Å². The van der Waals surface area contributed by atoms with Crippen molar-refractivity contribution in [2.45, 2.75) is 101 Å². The van der Waals surface area contributed by atoms with Crippen LogP contribution in [0.4, 0.5) is 18.0 Å². The van der Waals surface area contributed by atoms with Gasteiger partial charge in [-0.1, -0.05) is 81.4 Å². The molecule has 0 radical (unpaired) electrons. The van der Waals surface area contributed by atoms with Crippen LogP contribution in [0.3, 0.4) is 0 Å². The Morgan fingerprint density at radius 1 is 0.944 bits per heavy atom. The number of benzene rings is 2. The molecular weight excluding hydrogens is 729 g/mol. The summed E-state index contributed by atoms with van der Waals surface area (Å²) in [6.45, 7) is 9.59. The summed E-state index contributed by atoms with van der Waals surface area (Å²) in [6, 6.07) is 14.0. The third kappa shape index (κ3) is 8.14. The fraction of sp³-hybridized carbons (Fsp3) is 0.526. The third-order valence-corrected chi connectivity index (χ3v) is 12.3. The number of likely N-dealkylation sites (tertiary alicyclic amines) is 1. The van der Waals surface area contributed by atoms with E-state index in [9.17, 15) is 40.8 Å². The van der Waals surface area contributed by atoms with Crippen molar-refractivity contribution in [3.05, 3.63) is 72.8 Å². The summed E-state index contributed by atoms with van der Waals surface area (Å²) >= 11 is 0. The molecule has 0 aromatic heterocycles. The van der Waals surface area contributed by atoms with Crippen molar-refractivity contribution in [2.24, 2.45) is 11.3 Å². The second kappa shape index (κ2) is 14.3. The van der Waals surface area contributed by atoms with Gasteiger partial charge in [0.2, 0.25) is 27.4 Å². The average molecular weight is 777 g/mol. The first-order valence-corrected chi connectivity index (χ1v) is 19.1. The first-order chi connectivity index (χ1) is 25.0. The van der Waals surface area contributed by atoms with Crippen molar-refractivity contribution in [3.63, 3.8) is 0 Å². The van der Waals surface area contributed by atoms with Crippen LogP contribution in [0.1, 0.15) is 65.9 Å². The van der Waals surface area contributed by atoms with Crippen LogP contribution < -0.4 is 15.4 Å². The molecule has 4 amide bonds. The van der Waals surface area contributed by atoms with Crippen molar-refractivity contribution in [1.29, 1.82) is 0 Å². The molecule has 12 nitrogen and oxygen atoms in total. The van der Waals surface area contributed by atoms with Gasteiger partial charge >= 0.3 is 12.3 Å². The van der Waals surface area contributed by atoms with E-state index in [1.54, 1.807) is 32.9 Å². The summed E-state index contributed by atoms with van der Waals surface area (Å²) in [4.78, 5) is 56.6. The molecular formula is C38H47F3N4O8S. The second-order valence-corrected chi connectivity index (χ2v) is 17.8. The lowest BCUT2D eigenvalue weighted by molar-refractivity contribution is -0.244. The zero-order valence-electron chi connectivity index (χ0n) is 31.1. The molecule has 1 saturated heterocycles. The van der Waals surface area contributed by atoms with Gasteiger partial charge in [-0.05, 0) is 55.2 Å². The van der Waals surface area contributed by atoms with E-state index in [4.69, 9.17) is 9.47 Å². The predicted octanol–water partition coefficient (Wildman–Crippen LogP) is 4.95. The number of methoxy groups -OCH3 is 1. The van der Waals surface area contributed by atoms with Crippen LogP contribution in [0.15, 0.2) is 67.3 Å². The quantitative estimate of drug-likeness (QED) is 0.256. The number of alkyl halides is 3. The number of nitrogens with zero attached hydrogens (tertiary/aromatic N) is 1. The van der Waals surface area contributed by atoms with Gasteiger partial charge in [0, 0.05) is 19.4 Å². The number of hydrogen-bond acceptors (Lipinski definition) is 8. The van der Waals surface area contributed by atoms with Crippen molar-refractivity contribution < 1.29 is 50.2 Å². The molecule has 2 saturated carbocycles. The highest BCUT2D eigenvalue weighted by Gasteiger charge is 2.63. The minimum Gasteiger partial charge on any atom is -0.434 e. The van der Waals surface area contributed by atoms with E-state index in [0.29, 0.717) is 32.3 Å². The number of halogens is 3. The van der Waals surface area contributed by atoms with E-state index in [-0.39, 0.29) is 19.4 Å². The lowest BCUT2D eigenvalue weighted by Crippen LogP contribution is -2.60. The molecule has 3 aliphatic rings. The summed E-state index contributed by atoms with van der Waals surface area (Å²) in [7, 11) is -2.56. The van der Waals surface area contributed by atoms with Gasteiger partial charge in [-0.15, -0.1) is 6.58 Å². The zero-order valence-corrected chi connectivity index (χ0v) is 31.9. The number of carbonyl (C=O) groups excluding carboxylic acids is 4. The van der Waals surface area contributed by atoms with Gasteiger partial charge in [0.05, 0.1) is 11.8 Å². The first-order valence-electron chi connectivity index (χ1n) is 17.6. The molecule has 2 aromatic rings. The summed E-state index contributed by atoms with van der Waals surface area (Å²) < 4.78 is 79.1. The number of hydrogen-bond donors (Lipinski definition) is 3. The zero-order chi connectivity index (χ0) is 40.1. The number of carbonyl (C=O) groups is 4. The minimum atomic E-state index is -4.91. The van der Waals surface area contributed by atoms with Crippen molar-refractivity contribution in [1.82, 2.24) is 20.3 Å². The molecule has 5 atom stereocenters. The van der Waals surface area contributed by atoms with Crippen molar-refractivity contribution >= 4 is 33.8 Å². The first kappa shape index (κ1) is 40.7. The third-order valence-electron chi connectivity index (χ3n) is 10.5. The van der Waals surface area contributed by atoms with Crippen LogP contribution in [-0.2, 0) is 39.5 Å². The fourth-order valence-electron chi connectivity index (χ4n) is 6.68. The molecule has 0 bridgehead atoms. The van der Waals surface area contributed by atoms with Crippen molar-refractivity contribution in [3.8, 4) is 11.1 Å². The van der Waals surface area contributed by atoms with Gasteiger partial charge in [0.15, 0.2) is 0 Å². The van der Waals surface area contributed by atoms with Crippen LogP contribution in [-0.4, -0.2) is 85.4 Å². The van der Waals surface area contributed by atoms with Gasteiger partial charge < -0.3 is 25.0 Å². The molecule has 54 heavy (non-hydrogen) atoms. The molecule has 3 N–H and O–H groups in total. The smallest absolute Gasteiger partial charge is 0.427 e. The normalized spacial score (nSPS) is 24.9. The highest BCUT2D eigenvalue weighted by Crippen LogP contribution is 2.47.